The Bertz CT molecular complexity index is 625. The quantitative estimate of drug-likeness (QED) is 0.721. The maximum Gasteiger partial charge on any atom is 0.407 e. The molecule has 7 nitrogen and oxygen atoms in total. The monoisotopic (exact) mass is 368 g/mol. The number of amides is 2. The third-order valence-corrected chi connectivity index (χ3v) is 3.23. The number of nitrogens with one attached hydrogen (secondary N) is 2. The number of alkyl carbamates (subject to hydrolysis) is 1. The van der Waals surface area contributed by atoms with Crippen molar-refractivity contribution in [3.63, 3.8) is 0 Å². The molecule has 2 amide bonds. The number of hydrogen-bond acceptors (Lipinski definition) is 5. The molecule has 0 aliphatic carbocycles. The number of carbonyl (C=O) groups excluding carboxylic acids is 3. The molecule has 0 heterocycles. The Morgan fingerprint density at radius 3 is 2.31 bits per heavy atom. The number of hydrogen-bond donors (Lipinski definition) is 2. The minimum atomic E-state index is -0.655. The fourth-order valence-corrected chi connectivity index (χ4v) is 2.06. The molecule has 8 heteroatoms. The molecule has 0 bridgehead atoms. The maximum atomic E-state index is 13.1. The lowest BCUT2D eigenvalue weighted by atomic mass is 10.0. The number of halogens is 1. The van der Waals surface area contributed by atoms with E-state index in [1.807, 2.05) is 0 Å². The first-order valence-electron chi connectivity index (χ1n) is 8.19. The largest absolute Gasteiger partial charge is 0.469 e. The number of methoxy groups -OCH3 is 1. The van der Waals surface area contributed by atoms with Gasteiger partial charge in [0.15, 0.2) is 0 Å². The minimum Gasteiger partial charge on any atom is -0.469 e. The van der Waals surface area contributed by atoms with Crippen molar-refractivity contribution >= 4 is 18.0 Å². The molecule has 0 fully saturated rings. The fraction of sp³-hybridized carbons (Fsp3) is 0.500. The highest BCUT2D eigenvalue weighted by molar-refractivity contribution is 5.79. The van der Waals surface area contributed by atoms with Gasteiger partial charge in [0.1, 0.15) is 11.4 Å². The van der Waals surface area contributed by atoms with Gasteiger partial charge in [0, 0.05) is 13.0 Å². The second-order valence-corrected chi connectivity index (χ2v) is 6.63. The van der Waals surface area contributed by atoms with Crippen LogP contribution in [0.4, 0.5) is 9.18 Å². The lowest BCUT2D eigenvalue weighted by Crippen LogP contribution is -2.36. The van der Waals surface area contributed by atoms with Gasteiger partial charge in [-0.05, 0) is 38.5 Å². The zero-order chi connectivity index (χ0) is 19.7. The first-order chi connectivity index (χ1) is 12.1. The van der Waals surface area contributed by atoms with Crippen LogP contribution in [0.1, 0.15) is 45.2 Å². The molecule has 26 heavy (non-hydrogen) atoms. The van der Waals surface area contributed by atoms with Crippen molar-refractivity contribution in [1.82, 2.24) is 10.6 Å². The van der Waals surface area contributed by atoms with Crippen LogP contribution in [-0.4, -0.2) is 37.2 Å². The molecular weight excluding hydrogens is 343 g/mol. The van der Waals surface area contributed by atoms with E-state index in [4.69, 9.17) is 4.74 Å². The summed E-state index contributed by atoms with van der Waals surface area (Å²) in [5, 5.41) is 5.16. The summed E-state index contributed by atoms with van der Waals surface area (Å²) in [6, 6.07) is 4.81. The average Bonchev–Trinajstić information content (AvgIpc) is 2.53. The molecule has 1 aromatic carbocycles. The van der Waals surface area contributed by atoms with Crippen molar-refractivity contribution < 1.29 is 28.2 Å². The van der Waals surface area contributed by atoms with Gasteiger partial charge >= 0.3 is 12.1 Å². The van der Waals surface area contributed by atoms with Crippen molar-refractivity contribution in [2.24, 2.45) is 0 Å². The Balaban J connectivity index is 2.58. The van der Waals surface area contributed by atoms with Crippen LogP contribution in [0.3, 0.4) is 0 Å². The van der Waals surface area contributed by atoms with E-state index in [9.17, 15) is 18.8 Å². The van der Waals surface area contributed by atoms with Crippen molar-refractivity contribution in [2.75, 3.05) is 13.7 Å². The molecular formula is C18H25FN2O5. The van der Waals surface area contributed by atoms with Crippen LogP contribution in [-0.2, 0) is 19.1 Å². The normalized spacial score (nSPS) is 12.0. The molecule has 1 atom stereocenters. The lowest BCUT2D eigenvalue weighted by Gasteiger charge is -2.20. The maximum absolute atomic E-state index is 13.1. The molecule has 1 unspecified atom stereocenters. The molecule has 1 aromatic rings. The van der Waals surface area contributed by atoms with Gasteiger partial charge in [-0.25, -0.2) is 9.18 Å². The number of carbonyl (C=O) groups is 3. The van der Waals surface area contributed by atoms with Gasteiger partial charge in [0.25, 0.3) is 0 Å². The van der Waals surface area contributed by atoms with E-state index in [1.54, 1.807) is 20.8 Å². The van der Waals surface area contributed by atoms with Crippen LogP contribution in [0.15, 0.2) is 24.3 Å². The summed E-state index contributed by atoms with van der Waals surface area (Å²) < 4.78 is 22.8. The van der Waals surface area contributed by atoms with E-state index in [2.05, 4.69) is 15.4 Å². The van der Waals surface area contributed by atoms with Crippen LogP contribution < -0.4 is 10.6 Å². The van der Waals surface area contributed by atoms with Crippen molar-refractivity contribution in [1.29, 1.82) is 0 Å². The SMILES string of the molecule is COC(=O)CC(NC(=O)CCNC(=O)OC(C)(C)C)c1ccc(F)cc1. The third-order valence-electron chi connectivity index (χ3n) is 3.23. The lowest BCUT2D eigenvalue weighted by molar-refractivity contribution is -0.141. The van der Waals surface area contributed by atoms with E-state index in [1.165, 1.54) is 31.4 Å². The van der Waals surface area contributed by atoms with Gasteiger partial charge in [-0.2, -0.15) is 0 Å². The van der Waals surface area contributed by atoms with E-state index >= 15 is 0 Å². The molecule has 0 spiro atoms. The third kappa shape index (κ3) is 8.46. The fourth-order valence-electron chi connectivity index (χ4n) is 2.06. The zero-order valence-corrected chi connectivity index (χ0v) is 15.4. The van der Waals surface area contributed by atoms with E-state index in [0.717, 1.165) is 0 Å². The summed E-state index contributed by atoms with van der Waals surface area (Å²) >= 11 is 0. The molecule has 1 rings (SSSR count). The summed E-state index contributed by atoms with van der Waals surface area (Å²) in [5.41, 5.74) is -0.0502. The van der Waals surface area contributed by atoms with Crippen molar-refractivity contribution in [2.45, 2.75) is 45.3 Å². The molecule has 2 N–H and O–H groups in total. The summed E-state index contributed by atoms with van der Waals surface area (Å²) in [6.45, 7) is 5.29. The van der Waals surface area contributed by atoms with Gasteiger partial charge in [-0.15, -0.1) is 0 Å². The van der Waals surface area contributed by atoms with Crippen molar-refractivity contribution in [3.05, 3.63) is 35.6 Å². The highest BCUT2D eigenvalue weighted by atomic mass is 19.1. The highest BCUT2D eigenvalue weighted by Gasteiger charge is 2.20. The standard InChI is InChI=1S/C18H25FN2O5/c1-18(2,3)26-17(24)20-10-9-15(22)21-14(11-16(23)25-4)12-5-7-13(19)8-6-12/h5-8,14H,9-11H2,1-4H3,(H,20,24)(H,21,22). The molecule has 0 aliphatic heterocycles. The predicted octanol–water partition coefficient (Wildman–Crippen LogP) is 2.46. The van der Waals surface area contributed by atoms with Crippen molar-refractivity contribution in [3.8, 4) is 0 Å². The van der Waals surface area contributed by atoms with E-state index < -0.39 is 29.5 Å². The zero-order valence-electron chi connectivity index (χ0n) is 15.4. The Labute approximate surface area is 152 Å². The highest BCUT2D eigenvalue weighted by Crippen LogP contribution is 2.18. The Kier molecular flexibility index (Phi) is 8.02. The molecule has 0 saturated heterocycles. The number of benzene rings is 1. The van der Waals surface area contributed by atoms with Crippen LogP contribution in [0.5, 0.6) is 0 Å². The van der Waals surface area contributed by atoms with E-state index in [0.29, 0.717) is 5.56 Å². The average molecular weight is 368 g/mol. The van der Waals surface area contributed by atoms with Gasteiger partial charge < -0.3 is 20.1 Å². The first kappa shape index (κ1) is 21.4. The molecule has 0 saturated carbocycles. The van der Waals surface area contributed by atoms with Crippen LogP contribution >= 0.6 is 0 Å². The van der Waals surface area contributed by atoms with E-state index in [-0.39, 0.29) is 25.3 Å². The summed E-state index contributed by atoms with van der Waals surface area (Å²) in [6.07, 6.45) is -0.708. The van der Waals surface area contributed by atoms with Gasteiger partial charge in [-0.1, -0.05) is 12.1 Å². The van der Waals surface area contributed by atoms with Gasteiger partial charge in [0.05, 0.1) is 19.6 Å². The summed E-state index contributed by atoms with van der Waals surface area (Å²) in [4.78, 5) is 35.2. The second kappa shape index (κ2) is 9.74. The molecule has 0 aromatic heterocycles. The van der Waals surface area contributed by atoms with Crippen LogP contribution in [0, 0.1) is 5.82 Å². The number of rotatable bonds is 7. The van der Waals surface area contributed by atoms with Gasteiger partial charge in [0.2, 0.25) is 5.91 Å². The molecule has 0 radical (unpaired) electrons. The van der Waals surface area contributed by atoms with Crippen LogP contribution in [0.25, 0.3) is 0 Å². The number of ether oxygens (including phenoxy) is 2. The predicted molar refractivity (Wildman–Crippen MR) is 92.8 cm³/mol. The Hall–Kier alpha value is -2.64. The summed E-state index contributed by atoms with van der Waals surface area (Å²) in [7, 11) is 1.25. The Morgan fingerprint density at radius 1 is 1.15 bits per heavy atom. The number of esters is 1. The molecule has 0 aliphatic rings. The van der Waals surface area contributed by atoms with Gasteiger partial charge in [-0.3, -0.25) is 9.59 Å². The topological polar surface area (TPSA) is 93.7 Å². The molecule has 144 valence electrons. The smallest absolute Gasteiger partial charge is 0.407 e. The second-order valence-electron chi connectivity index (χ2n) is 6.63. The first-order valence-corrected chi connectivity index (χ1v) is 8.19. The summed E-state index contributed by atoms with van der Waals surface area (Å²) in [5.74, 6) is -1.30. The van der Waals surface area contributed by atoms with Crippen LogP contribution in [0.2, 0.25) is 0 Å². The minimum absolute atomic E-state index is 0.00187. The Morgan fingerprint density at radius 2 is 1.77 bits per heavy atom.